The van der Waals surface area contributed by atoms with Crippen LogP contribution >= 0.6 is 0 Å². The van der Waals surface area contributed by atoms with Crippen molar-refractivity contribution in [1.82, 2.24) is 0 Å². The van der Waals surface area contributed by atoms with Gasteiger partial charge in [0.25, 0.3) is 0 Å². The normalized spacial score (nSPS) is 22.6. The predicted molar refractivity (Wildman–Crippen MR) is 136 cm³/mol. The Hall–Kier alpha value is -2.99. The zero-order chi connectivity index (χ0) is 25.7. The van der Waals surface area contributed by atoms with E-state index in [0.29, 0.717) is 12.0 Å². The molecule has 0 spiro atoms. The first-order valence-corrected chi connectivity index (χ1v) is 12.6. The van der Waals surface area contributed by atoms with Crippen LogP contribution < -0.4 is 9.47 Å². The van der Waals surface area contributed by atoms with Gasteiger partial charge in [-0.15, -0.1) is 0 Å². The fraction of sp³-hybridized carbons (Fsp3) is 0.400. The highest BCUT2D eigenvalue weighted by atomic mass is 19.2. The van der Waals surface area contributed by atoms with E-state index in [9.17, 15) is 18.3 Å². The Balaban J connectivity index is 1.33. The number of allylic oxidation sites excluding steroid dienone is 3. The number of rotatable bonds is 9. The van der Waals surface area contributed by atoms with Gasteiger partial charge in [0.05, 0.1) is 12.7 Å². The summed E-state index contributed by atoms with van der Waals surface area (Å²) in [5, 5.41) is 9.77. The molecule has 0 heterocycles. The van der Waals surface area contributed by atoms with Crippen molar-refractivity contribution in [2.45, 2.75) is 51.0 Å². The van der Waals surface area contributed by atoms with Crippen molar-refractivity contribution in [2.75, 3.05) is 13.2 Å². The lowest BCUT2D eigenvalue weighted by Crippen LogP contribution is -2.23. The summed E-state index contributed by atoms with van der Waals surface area (Å²) in [5.41, 5.74) is 2.01. The molecule has 0 aromatic heterocycles. The number of hydrogen-bond donors (Lipinski definition) is 1. The van der Waals surface area contributed by atoms with Crippen molar-refractivity contribution in [3.8, 4) is 11.5 Å². The van der Waals surface area contributed by atoms with Crippen molar-refractivity contribution < 1.29 is 27.8 Å². The Morgan fingerprint density at radius 2 is 1.78 bits per heavy atom. The molecule has 6 heteroatoms. The van der Waals surface area contributed by atoms with Gasteiger partial charge >= 0.3 is 0 Å². The third kappa shape index (κ3) is 6.04. The van der Waals surface area contributed by atoms with E-state index >= 15 is 0 Å². The van der Waals surface area contributed by atoms with Gasteiger partial charge in [0.1, 0.15) is 6.61 Å². The van der Waals surface area contributed by atoms with Crippen molar-refractivity contribution in [3.63, 3.8) is 0 Å². The maximum absolute atomic E-state index is 14.9. The highest BCUT2D eigenvalue weighted by Gasteiger charge is 2.28. The Labute approximate surface area is 210 Å². The van der Waals surface area contributed by atoms with Crippen LogP contribution in [0.5, 0.6) is 11.5 Å². The summed E-state index contributed by atoms with van der Waals surface area (Å²) in [6, 6.07) is 7.97. The molecule has 1 fully saturated rings. The van der Waals surface area contributed by atoms with Crippen LogP contribution in [0.1, 0.15) is 56.1 Å². The average Bonchev–Trinajstić information content (AvgIpc) is 2.89. The first kappa shape index (κ1) is 26.1. The summed E-state index contributed by atoms with van der Waals surface area (Å²) in [6.07, 6.45) is 10.7. The van der Waals surface area contributed by atoms with Crippen LogP contribution in [0.25, 0.3) is 5.57 Å². The van der Waals surface area contributed by atoms with Gasteiger partial charge in [-0.25, -0.2) is 8.78 Å². The van der Waals surface area contributed by atoms with E-state index in [4.69, 9.17) is 9.47 Å². The minimum atomic E-state index is -0.949. The van der Waals surface area contributed by atoms with Crippen molar-refractivity contribution in [1.29, 1.82) is 0 Å². The van der Waals surface area contributed by atoms with Gasteiger partial charge < -0.3 is 14.6 Å². The van der Waals surface area contributed by atoms with E-state index < -0.39 is 17.5 Å². The maximum Gasteiger partial charge on any atom is 0.200 e. The van der Waals surface area contributed by atoms with Crippen LogP contribution in [0, 0.1) is 29.3 Å². The standard InChI is InChI=1S/C30H33F3O3/c1-3-16-35-27-14-12-24(17-26(27)31)22-6-4-20(5-7-22)18-36-28-15-13-25(29(32)30(28)33)23-10-8-21(9-11-23)19(2)34/h3-4,6-7,12-15,17,19-21,23,34H,1,5,8-11,16,18H2,2H3. The molecule has 4 rings (SSSR count). The molecule has 0 saturated heterocycles. The molecule has 2 aromatic carbocycles. The SMILES string of the molecule is C=CCOc1ccc(C2=CCC(COc3ccc(C4CCC(C(C)O)CC4)c(F)c3F)C=C2)cc1F. The molecule has 3 nitrogen and oxygen atoms in total. The first-order chi connectivity index (χ1) is 17.4. The molecule has 1 saturated carbocycles. The fourth-order valence-corrected chi connectivity index (χ4v) is 5.03. The summed E-state index contributed by atoms with van der Waals surface area (Å²) in [4.78, 5) is 0. The molecule has 2 aromatic rings. The smallest absolute Gasteiger partial charge is 0.200 e. The quantitative estimate of drug-likeness (QED) is 0.367. The van der Waals surface area contributed by atoms with Gasteiger partial charge in [-0.1, -0.05) is 43.0 Å². The van der Waals surface area contributed by atoms with E-state index in [1.807, 2.05) is 18.2 Å². The van der Waals surface area contributed by atoms with Crippen LogP contribution in [-0.2, 0) is 0 Å². The predicted octanol–water partition coefficient (Wildman–Crippen LogP) is 7.36. The molecule has 0 amide bonds. The molecule has 1 N–H and O–H groups in total. The van der Waals surface area contributed by atoms with E-state index in [1.54, 1.807) is 31.2 Å². The van der Waals surface area contributed by atoms with Gasteiger partial charge in [0, 0.05) is 5.92 Å². The number of benzene rings is 2. The van der Waals surface area contributed by atoms with E-state index in [1.165, 1.54) is 12.1 Å². The second kappa shape index (κ2) is 11.8. The van der Waals surface area contributed by atoms with Crippen LogP contribution in [0.15, 0.2) is 61.2 Å². The molecule has 36 heavy (non-hydrogen) atoms. The lowest BCUT2D eigenvalue weighted by Gasteiger charge is -2.30. The van der Waals surface area contributed by atoms with Crippen LogP contribution in [0.2, 0.25) is 0 Å². The molecule has 2 unspecified atom stereocenters. The molecule has 2 atom stereocenters. The Bertz CT molecular complexity index is 1130. The highest BCUT2D eigenvalue weighted by Crippen LogP contribution is 2.39. The lowest BCUT2D eigenvalue weighted by atomic mass is 9.77. The average molecular weight is 499 g/mol. The number of aliphatic hydroxyl groups excluding tert-OH is 1. The Morgan fingerprint density at radius 1 is 1.03 bits per heavy atom. The fourth-order valence-electron chi connectivity index (χ4n) is 5.03. The second-order valence-corrected chi connectivity index (χ2v) is 9.70. The molecule has 2 aliphatic rings. The van der Waals surface area contributed by atoms with Crippen molar-refractivity contribution in [2.24, 2.45) is 11.8 Å². The van der Waals surface area contributed by atoms with E-state index in [0.717, 1.165) is 36.8 Å². The molecule has 0 bridgehead atoms. The van der Waals surface area contributed by atoms with E-state index in [2.05, 4.69) is 6.58 Å². The molecule has 0 aliphatic heterocycles. The molecule has 192 valence electrons. The highest BCUT2D eigenvalue weighted by molar-refractivity contribution is 5.75. The van der Waals surface area contributed by atoms with Crippen LogP contribution in [0.4, 0.5) is 13.2 Å². The van der Waals surface area contributed by atoms with Gasteiger partial charge in [-0.2, -0.15) is 4.39 Å². The lowest BCUT2D eigenvalue weighted by molar-refractivity contribution is 0.0963. The summed E-state index contributed by atoms with van der Waals surface area (Å²) >= 11 is 0. The van der Waals surface area contributed by atoms with Gasteiger partial charge in [0.15, 0.2) is 23.1 Å². The summed E-state index contributed by atoms with van der Waals surface area (Å²) in [6.45, 7) is 5.78. The number of aliphatic hydroxyl groups is 1. The minimum absolute atomic E-state index is 0.00770. The zero-order valence-electron chi connectivity index (χ0n) is 20.6. The largest absolute Gasteiger partial charge is 0.490 e. The Kier molecular flexibility index (Phi) is 8.57. The number of hydrogen-bond acceptors (Lipinski definition) is 3. The Morgan fingerprint density at radius 3 is 2.42 bits per heavy atom. The molecular formula is C30H33F3O3. The third-order valence-electron chi connectivity index (χ3n) is 7.23. The van der Waals surface area contributed by atoms with Crippen molar-refractivity contribution >= 4 is 5.57 Å². The maximum atomic E-state index is 14.9. The van der Waals surface area contributed by atoms with Crippen LogP contribution in [-0.4, -0.2) is 24.4 Å². The second-order valence-electron chi connectivity index (χ2n) is 9.70. The third-order valence-corrected chi connectivity index (χ3v) is 7.23. The summed E-state index contributed by atoms with van der Waals surface area (Å²) < 4.78 is 54.9. The zero-order valence-corrected chi connectivity index (χ0v) is 20.6. The van der Waals surface area contributed by atoms with Gasteiger partial charge in [-0.3, -0.25) is 0 Å². The molecule has 0 radical (unpaired) electrons. The monoisotopic (exact) mass is 498 g/mol. The van der Waals surface area contributed by atoms with E-state index in [-0.39, 0.29) is 48.6 Å². The number of halogens is 3. The minimum Gasteiger partial charge on any atom is -0.490 e. The number of ether oxygens (including phenoxy) is 2. The van der Waals surface area contributed by atoms with Gasteiger partial charge in [0.2, 0.25) is 5.82 Å². The van der Waals surface area contributed by atoms with Crippen molar-refractivity contribution in [3.05, 3.63) is 89.8 Å². The van der Waals surface area contributed by atoms with Crippen LogP contribution in [0.3, 0.4) is 0 Å². The summed E-state index contributed by atoms with van der Waals surface area (Å²) in [5.74, 6) is -1.96. The summed E-state index contributed by atoms with van der Waals surface area (Å²) in [7, 11) is 0. The topological polar surface area (TPSA) is 38.7 Å². The molecular weight excluding hydrogens is 465 g/mol. The first-order valence-electron chi connectivity index (χ1n) is 12.6. The molecule has 2 aliphatic carbocycles. The van der Waals surface area contributed by atoms with Gasteiger partial charge in [-0.05, 0) is 85.8 Å².